The van der Waals surface area contributed by atoms with Gasteiger partial charge in [-0.05, 0) is 6.92 Å². The van der Waals surface area contributed by atoms with Gasteiger partial charge in [0.15, 0.2) is 0 Å². The zero-order valence-electron chi connectivity index (χ0n) is 4.05. The molecule has 2 heteroatoms. The van der Waals surface area contributed by atoms with Gasteiger partial charge in [0.05, 0.1) is 12.5 Å². The molecule has 1 aliphatic rings. The number of hydrogen-bond acceptors (Lipinski definition) is 2. The lowest BCUT2D eigenvalue weighted by molar-refractivity contribution is 0.400. The fourth-order valence-electron chi connectivity index (χ4n) is 0.330. The van der Waals surface area contributed by atoms with Gasteiger partial charge in [0, 0.05) is 10.3 Å². The second-order valence-electron chi connectivity index (χ2n) is 1.25. The summed E-state index contributed by atoms with van der Waals surface area (Å²) >= 11 is 1.67. The summed E-state index contributed by atoms with van der Waals surface area (Å²) in [6.45, 7) is 2.01. The van der Waals surface area contributed by atoms with Crippen molar-refractivity contribution in [3.63, 3.8) is 0 Å². The molecule has 7 heavy (non-hydrogen) atoms. The first kappa shape index (κ1) is 4.78. The van der Waals surface area contributed by atoms with Gasteiger partial charge in [0.25, 0.3) is 0 Å². The highest BCUT2D eigenvalue weighted by Gasteiger charge is 1.88. The molecule has 0 aliphatic carbocycles. The van der Waals surface area contributed by atoms with E-state index in [1.807, 2.05) is 12.3 Å². The van der Waals surface area contributed by atoms with Crippen LogP contribution < -0.4 is 0 Å². The van der Waals surface area contributed by atoms with Crippen molar-refractivity contribution < 1.29 is 4.74 Å². The van der Waals surface area contributed by atoms with E-state index < -0.39 is 0 Å². The summed E-state index contributed by atoms with van der Waals surface area (Å²) in [4.78, 5) is 1.20. The third kappa shape index (κ3) is 1.27. The highest BCUT2D eigenvalue weighted by atomic mass is 32.2. The van der Waals surface area contributed by atoms with Crippen molar-refractivity contribution in [2.24, 2.45) is 0 Å². The van der Waals surface area contributed by atoms with Gasteiger partial charge in [0.2, 0.25) is 0 Å². The minimum Gasteiger partial charge on any atom is -0.471 e. The fourth-order valence-corrected chi connectivity index (χ4v) is 0.776. The van der Waals surface area contributed by atoms with Crippen molar-refractivity contribution in [1.82, 2.24) is 0 Å². The molecule has 0 fully saturated rings. The van der Waals surface area contributed by atoms with Gasteiger partial charge in [-0.2, -0.15) is 0 Å². The molecule has 1 rings (SSSR count). The molecular weight excluding hydrogens is 108 g/mol. The summed E-state index contributed by atoms with van der Waals surface area (Å²) in [7, 11) is 0. The largest absolute Gasteiger partial charge is 0.471 e. The van der Waals surface area contributed by atoms with Crippen molar-refractivity contribution in [3.8, 4) is 0 Å². The zero-order valence-corrected chi connectivity index (χ0v) is 4.87. The molecular formula is C5H6OS. The standard InChI is InChI=1S/C5H6OS/c1-5-4-6-2-3-7-5/h2-4H,1H3. The van der Waals surface area contributed by atoms with E-state index in [4.69, 9.17) is 4.74 Å². The third-order valence-electron chi connectivity index (χ3n) is 0.622. The molecule has 0 saturated carbocycles. The van der Waals surface area contributed by atoms with Gasteiger partial charge in [0.1, 0.15) is 0 Å². The molecule has 1 nitrogen and oxygen atoms in total. The van der Waals surface area contributed by atoms with Crippen LogP contribution in [0.25, 0.3) is 0 Å². The van der Waals surface area contributed by atoms with E-state index in [2.05, 4.69) is 0 Å². The van der Waals surface area contributed by atoms with Crippen LogP contribution in [0.15, 0.2) is 22.8 Å². The number of thioether (sulfide) groups is 1. The monoisotopic (exact) mass is 114 g/mol. The van der Waals surface area contributed by atoms with E-state index >= 15 is 0 Å². The van der Waals surface area contributed by atoms with Gasteiger partial charge in [-0.3, -0.25) is 0 Å². The predicted octanol–water partition coefficient (Wildman–Crippen LogP) is 2.08. The molecule has 0 aromatic rings. The van der Waals surface area contributed by atoms with Gasteiger partial charge in [-0.15, -0.1) is 0 Å². The van der Waals surface area contributed by atoms with Gasteiger partial charge >= 0.3 is 0 Å². The topological polar surface area (TPSA) is 9.23 Å². The summed E-state index contributed by atoms with van der Waals surface area (Å²) in [6.07, 6.45) is 3.39. The van der Waals surface area contributed by atoms with E-state index in [0.29, 0.717) is 0 Å². The first-order chi connectivity index (χ1) is 3.39. The highest BCUT2D eigenvalue weighted by Crippen LogP contribution is 2.19. The fraction of sp³-hybridized carbons (Fsp3) is 0.200. The second kappa shape index (κ2) is 2.07. The van der Waals surface area contributed by atoms with Crippen LogP contribution >= 0.6 is 11.8 Å². The molecule has 0 amide bonds. The average Bonchev–Trinajstić information content (AvgIpc) is 1.69. The number of hydrogen-bond donors (Lipinski definition) is 0. The molecule has 0 aromatic carbocycles. The lowest BCUT2D eigenvalue weighted by atomic mass is 10.7. The first-order valence-corrected chi connectivity index (χ1v) is 2.91. The van der Waals surface area contributed by atoms with Crippen LogP contribution in [0.1, 0.15) is 6.92 Å². The van der Waals surface area contributed by atoms with Crippen molar-refractivity contribution in [1.29, 1.82) is 0 Å². The van der Waals surface area contributed by atoms with E-state index in [0.717, 1.165) is 0 Å². The van der Waals surface area contributed by atoms with E-state index in [1.54, 1.807) is 24.3 Å². The van der Waals surface area contributed by atoms with E-state index in [9.17, 15) is 0 Å². The normalized spacial score (nSPS) is 18.1. The Labute approximate surface area is 47.1 Å². The van der Waals surface area contributed by atoms with Crippen LogP contribution in [0.4, 0.5) is 0 Å². The Hall–Kier alpha value is -0.370. The molecule has 1 aliphatic heterocycles. The minimum absolute atomic E-state index is 1.20. The molecule has 0 unspecified atom stereocenters. The Morgan fingerprint density at radius 1 is 1.71 bits per heavy atom. The van der Waals surface area contributed by atoms with Gasteiger partial charge < -0.3 is 4.74 Å². The summed E-state index contributed by atoms with van der Waals surface area (Å²) in [5.74, 6) is 0. The summed E-state index contributed by atoms with van der Waals surface area (Å²) in [5, 5.41) is 1.91. The first-order valence-electron chi connectivity index (χ1n) is 2.03. The Morgan fingerprint density at radius 2 is 2.57 bits per heavy atom. The zero-order chi connectivity index (χ0) is 5.11. The van der Waals surface area contributed by atoms with Crippen LogP contribution in [-0.2, 0) is 4.74 Å². The average molecular weight is 114 g/mol. The summed E-state index contributed by atoms with van der Waals surface area (Å²) < 4.78 is 4.82. The Bertz CT molecular complexity index is 115. The predicted molar refractivity (Wildman–Crippen MR) is 31.6 cm³/mol. The maximum atomic E-state index is 4.82. The highest BCUT2D eigenvalue weighted by molar-refractivity contribution is 8.05. The summed E-state index contributed by atoms with van der Waals surface area (Å²) in [6, 6.07) is 0. The molecule has 0 N–H and O–H groups in total. The Kier molecular flexibility index (Phi) is 1.42. The van der Waals surface area contributed by atoms with Crippen molar-refractivity contribution in [2.75, 3.05) is 0 Å². The maximum Gasteiger partial charge on any atom is 0.0997 e. The second-order valence-corrected chi connectivity index (χ2v) is 2.41. The Morgan fingerprint density at radius 3 is 2.86 bits per heavy atom. The number of rotatable bonds is 0. The van der Waals surface area contributed by atoms with Crippen molar-refractivity contribution in [3.05, 3.63) is 22.8 Å². The molecule has 0 spiro atoms. The molecule has 0 radical (unpaired) electrons. The molecule has 0 atom stereocenters. The quantitative estimate of drug-likeness (QED) is 0.477. The molecule has 0 aromatic heterocycles. The maximum absolute atomic E-state index is 4.82. The van der Waals surface area contributed by atoms with Gasteiger partial charge in [-0.1, -0.05) is 11.8 Å². The smallest absolute Gasteiger partial charge is 0.0997 e. The van der Waals surface area contributed by atoms with Crippen LogP contribution in [0.2, 0.25) is 0 Å². The third-order valence-corrected chi connectivity index (χ3v) is 1.34. The number of allylic oxidation sites excluding steroid dienone is 1. The lowest BCUT2D eigenvalue weighted by Crippen LogP contribution is -1.73. The number of ether oxygens (including phenoxy) is 1. The minimum atomic E-state index is 1.20. The van der Waals surface area contributed by atoms with Crippen molar-refractivity contribution >= 4 is 11.8 Å². The molecule has 1 heterocycles. The van der Waals surface area contributed by atoms with Crippen LogP contribution in [-0.4, -0.2) is 0 Å². The summed E-state index contributed by atoms with van der Waals surface area (Å²) in [5.41, 5.74) is 0. The van der Waals surface area contributed by atoms with Crippen LogP contribution in [0.3, 0.4) is 0 Å². The van der Waals surface area contributed by atoms with E-state index in [1.165, 1.54) is 4.91 Å². The van der Waals surface area contributed by atoms with Crippen molar-refractivity contribution in [2.45, 2.75) is 6.92 Å². The van der Waals surface area contributed by atoms with Crippen LogP contribution in [0, 0.1) is 0 Å². The van der Waals surface area contributed by atoms with Crippen LogP contribution in [0.5, 0.6) is 0 Å². The molecule has 0 saturated heterocycles. The van der Waals surface area contributed by atoms with E-state index in [-0.39, 0.29) is 0 Å². The van der Waals surface area contributed by atoms with Gasteiger partial charge in [-0.25, -0.2) is 0 Å². The SMILES string of the molecule is CC1=COC=CS1. The lowest BCUT2D eigenvalue weighted by Gasteiger charge is -1.99. The molecule has 38 valence electrons. The Balaban J connectivity index is 2.50. The molecule has 0 bridgehead atoms.